The quantitative estimate of drug-likeness (QED) is 0.279. The average molecular weight is 467 g/mol. The van der Waals surface area contributed by atoms with Crippen molar-refractivity contribution in [1.82, 2.24) is 0 Å². The number of rotatable bonds is 7. The van der Waals surface area contributed by atoms with E-state index in [0.29, 0.717) is 0 Å². The second-order valence-electron chi connectivity index (χ2n) is 5.57. The van der Waals surface area contributed by atoms with Gasteiger partial charge in [0.1, 0.15) is 22.2 Å². The number of alkyl halides is 1. The molecule has 5 N–H and O–H groups in total. The standard InChI is InChI=1S/C15H16Cl2N4O5S2/c1-27(23,24)20-9-3-2-4-10(5-9)21-28(25,26)14-7-13(22)12(6-11(14)17)19-15(18)8-16/h2-7,20-22H,8H2,1H3,(H2,18,19). The summed E-state index contributed by atoms with van der Waals surface area (Å²) in [6.07, 6.45) is 0.966. The van der Waals surface area contributed by atoms with E-state index in [1.54, 1.807) is 0 Å². The van der Waals surface area contributed by atoms with Crippen LogP contribution in [0, 0.1) is 0 Å². The molecule has 0 saturated heterocycles. The van der Waals surface area contributed by atoms with E-state index >= 15 is 0 Å². The first-order chi connectivity index (χ1) is 12.9. The maximum absolute atomic E-state index is 12.6. The number of aromatic hydroxyl groups is 1. The lowest BCUT2D eigenvalue weighted by atomic mass is 10.3. The molecule has 0 saturated carbocycles. The number of phenolic OH excluding ortho intramolecular Hbond substituents is 1. The van der Waals surface area contributed by atoms with Crippen molar-refractivity contribution < 1.29 is 21.9 Å². The highest BCUT2D eigenvalue weighted by molar-refractivity contribution is 7.93. The van der Waals surface area contributed by atoms with Crippen molar-refractivity contribution in [3.8, 4) is 5.75 Å². The first-order valence-corrected chi connectivity index (χ1v) is 11.7. The fourth-order valence-corrected chi connectivity index (χ4v) is 4.29. The highest BCUT2D eigenvalue weighted by Gasteiger charge is 2.21. The molecule has 9 nitrogen and oxygen atoms in total. The first-order valence-electron chi connectivity index (χ1n) is 7.43. The zero-order chi connectivity index (χ0) is 21.1. The summed E-state index contributed by atoms with van der Waals surface area (Å²) in [7, 11) is -7.74. The Bertz CT molecular complexity index is 1140. The Morgan fingerprint density at radius 2 is 1.75 bits per heavy atom. The van der Waals surface area contributed by atoms with Crippen molar-refractivity contribution in [3.05, 3.63) is 41.4 Å². The number of halogens is 2. The van der Waals surface area contributed by atoms with Gasteiger partial charge in [-0.3, -0.25) is 9.44 Å². The molecule has 28 heavy (non-hydrogen) atoms. The van der Waals surface area contributed by atoms with E-state index in [1.165, 1.54) is 24.3 Å². The van der Waals surface area contributed by atoms with Gasteiger partial charge in [0.05, 0.1) is 28.5 Å². The summed E-state index contributed by atoms with van der Waals surface area (Å²) in [6.45, 7) is 0. The van der Waals surface area contributed by atoms with E-state index in [9.17, 15) is 21.9 Å². The minimum atomic E-state index is -4.20. The topological polar surface area (TPSA) is 151 Å². The number of nitrogens with one attached hydrogen (secondary N) is 2. The Morgan fingerprint density at radius 1 is 1.14 bits per heavy atom. The molecule has 2 aromatic rings. The lowest BCUT2D eigenvalue weighted by Crippen LogP contribution is -2.14. The van der Waals surface area contributed by atoms with Crippen molar-refractivity contribution in [1.29, 1.82) is 0 Å². The normalized spacial score (nSPS) is 12.6. The summed E-state index contributed by atoms with van der Waals surface area (Å²) in [5.41, 5.74) is 5.70. The zero-order valence-electron chi connectivity index (χ0n) is 14.3. The van der Waals surface area contributed by atoms with Crippen molar-refractivity contribution in [2.45, 2.75) is 4.90 Å². The number of anilines is 2. The van der Waals surface area contributed by atoms with Crippen molar-refractivity contribution in [2.24, 2.45) is 10.7 Å². The Hall–Kier alpha value is -2.21. The molecule has 0 bridgehead atoms. The maximum atomic E-state index is 12.6. The highest BCUT2D eigenvalue weighted by Crippen LogP contribution is 2.35. The summed E-state index contributed by atoms with van der Waals surface area (Å²) in [5.74, 6) is -0.543. The molecule has 0 amide bonds. The highest BCUT2D eigenvalue weighted by atomic mass is 35.5. The number of sulfonamides is 2. The number of amidine groups is 1. The van der Waals surface area contributed by atoms with E-state index < -0.39 is 30.7 Å². The molecule has 152 valence electrons. The van der Waals surface area contributed by atoms with Gasteiger partial charge < -0.3 is 10.8 Å². The number of hydrogen-bond donors (Lipinski definition) is 4. The van der Waals surface area contributed by atoms with Gasteiger partial charge in [-0.15, -0.1) is 11.6 Å². The summed E-state index contributed by atoms with van der Waals surface area (Å²) >= 11 is 11.6. The van der Waals surface area contributed by atoms with Gasteiger partial charge in [0.2, 0.25) is 10.0 Å². The third-order valence-corrected chi connectivity index (χ3v) is 5.86. The number of nitrogens with zero attached hydrogens (tertiary/aromatic N) is 1. The predicted molar refractivity (Wildman–Crippen MR) is 111 cm³/mol. The average Bonchev–Trinajstić information content (AvgIpc) is 2.55. The summed E-state index contributed by atoms with van der Waals surface area (Å²) < 4.78 is 52.4. The van der Waals surface area contributed by atoms with Gasteiger partial charge in [0, 0.05) is 6.07 Å². The van der Waals surface area contributed by atoms with Gasteiger partial charge in [-0.1, -0.05) is 17.7 Å². The molecule has 0 aromatic heterocycles. The summed E-state index contributed by atoms with van der Waals surface area (Å²) in [4.78, 5) is 3.43. The van der Waals surface area contributed by atoms with Crippen LogP contribution in [-0.2, 0) is 20.0 Å². The van der Waals surface area contributed by atoms with Gasteiger partial charge in [0.15, 0.2) is 0 Å². The Kier molecular flexibility index (Phi) is 6.65. The van der Waals surface area contributed by atoms with Crippen LogP contribution in [0.15, 0.2) is 46.3 Å². The molecule has 0 aliphatic carbocycles. The van der Waals surface area contributed by atoms with Gasteiger partial charge in [-0.25, -0.2) is 21.8 Å². The molecule has 0 aliphatic heterocycles. The van der Waals surface area contributed by atoms with E-state index in [-0.39, 0.29) is 33.8 Å². The minimum absolute atomic E-state index is 0.0111. The lowest BCUT2D eigenvalue weighted by molar-refractivity contribution is 0.475. The molecule has 0 spiro atoms. The Labute approximate surface area is 172 Å². The largest absolute Gasteiger partial charge is 0.506 e. The monoisotopic (exact) mass is 466 g/mol. The lowest BCUT2D eigenvalue weighted by Gasteiger charge is -2.12. The third-order valence-electron chi connectivity index (χ3n) is 3.14. The first kappa shape index (κ1) is 22.1. The van der Waals surface area contributed by atoms with Crippen LogP contribution in [0.3, 0.4) is 0 Å². The molecular weight excluding hydrogens is 451 g/mol. The molecule has 2 rings (SSSR count). The number of aliphatic imine (C=N–C) groups is 1. The second kappa shape index (κ2) is 8.43. The molecule has 13 heteroatoms. The van der Waals surface area contributed by atoms with Crippen LogP contribution >= 0.6 is 23.2 Å². The molecule has 0 atom stereocenters. The van der Waals surface area contributed by atoms with Crippen LogP contribution in [0.2, 0.25) is 5.02 Å². The molecule has 0 unspecified atom stereocenters. The Balaban J connectivity index is 2.38. The third kappa shape index (κ3) is 5.89. The van der Waals surface area contributed by atoms with Crippen LogP contribution in [0.4, 0.5) is 17.1 Å². The molecule has 0 radical (unpaired) electrons. The van der Waals surface area contributed by atoms with Gasteiger partial charge in [0.25, 0.3) is 10.0 Å². The molecule has 2 aromatic carbocycles. The predicted octanol–water partition coefficient (Wildman–Crippen LogP) is 2.45. The summed E-state index contributed by atoms with van der Waals surface area (Å²) in [5, 5.41) is 9.82. The number of benzene rings is 2. The van der Waals surface area contributed by atoms with Crippen molar-refractivity contribution in [2.75, 3.05) is 21.6 Å². The second-order valence-corrected chi connectivity index (χ2v) is 9.64. The van der Waals surface area contributed by atoms with Gasteiger partial charge >= 0.3 is 0 Å². The SMILES string of the molecule is CS(=O)(=O)Nc1cccc(NS(=O)(=O)c2cc(O)c(N=C(N)CCl)cc2Cl)c1. The van der Waals surface area contributed by atoms with E-state index in [4.69, 9.17) is 28.9 Å². The van der Waals surface area contributed by atoms with Crippen molar-refractivity contribution >= 4 is 66.1 Å². The zero-order valence-corrected chi connectivity index (χ0v) is 17.5. The van der Waals surface area contributed by atoms with Crippen molar-refractivity contribution in [3.63, 3.8) is 0 Å². The van der Waals surface area contributed by atoms with Crippen LogP contribution in [0.1, 0.15) is 0 Å². The fourth-order valence-electron chi connectivity index (χ4n) is 2.08. The van der Waals surface area contributed by atoms with Crippen LogP contribution in [0.25, 0.3) is 0 Å². The van der Waals surface area contributed by atoms with Gasteiger partial charge in [-0.05, 0) is 24.3 Å². The maximum Gasteiger partial charge on any atom is 0.263 e. The Morgan fingerprint density at radius 3 is 2.32 bits per heavy atom. The number of nitrogens with two attached hydrogens (primary N) is 1. The minimum Gasteiger partial charge on any atom is -0.506 e. The summed E-state index contributed by atoms with van der Waals surface area (Å²) in [6, 6.07) is 7.66. The van der Waals surface area contributed by atoms with Crippen LogP contribution in [0.5, 0.6) is 5.75 Å². The van der Waals surface area contributed by atoms with Crippen LogP contribution < -0.4 is 15.2 Å². The fraction of sp³-hybridized carbons (Fsp3) is 0.133. The number of hydrogen-bond acceptors (Lipinski definition) is 6. The number of phenols is 1. The van der Waals surface area contributed by atoms with E-state index in [0.717, 1.165) is 18.4 Å². The van der Waals surface area contributed by atoms with Gasteiger partial charge in [-0.2, -0.15) is 0 Å². The molecule has 0 aliphatic rings. The van der Waals surface area contributed by atoms with E-state index in [2.05, 4.69) is 14.4 Å². The molecule has 0 heterocycles. The smallest absolute Gasteiger partial charge is 0.263 e. The van der Waals surface area contributed by atoms with Crippen LogP contribution in [-0.4, -0.2) is 39.9 Å². The molecule has 0 fully saturated rings. The van der Waals surface area contributed by atoms with E-state index in [1.807, 2.05) is 0 Å². The molecular formula is C15H16Cl2N4O5S2.